The van der Waals surface area contributed by atoms with Crippen LogP contribution in [0.1, 0.15) is 16.7 Å². The van der Waals surface area contributed by atoms with Crippen LogP contribution in [0.5, 0.6) is 5.75 Å². The molecule has 0 unspecified atom stereocenters. The van der Waals surface area contributed by atoms with Gasteiger partial charge in [-0.25, -0.2) is 9.79 Å². The number of fused-ring (bicyclic) bond motifs is 1. The van der Waals surface area contributed by atoms with Crippen LogP contribution >= 0.6 is 0 Å². The lowest BCUT2D eigenvalue weighted by Gasteiger charge is -2.20. The summed E-state index contributed by atoms with van der Waals surface area (Å²) in [6.45, 7) is 0. The van der Waals surface area contributed by atoms with Gasteiger partial charge in [0, 0.05) is 22.3 Å². The molecule has 4 heteroatoms. The molecule has 0 radical (unpaired) electrons. The van der Waals surface area contributed by atoms with Gasteiger partial charge in [-0.15, -0.1) is 0 Å². The molecule has 5 rings (SSSR count). The maximum atomic E-state index is 12.6. The van der Waals surface area contributed by atoms with E-state index < -0.39 is 5.97 Å². The number of hydrogen-bond acceptors (Lipinski definition) is 4. The van der Waals surface area contributed by atoms with Gasteiger partial charge in [0.15, 0.2) is 5.70 Å². The highest BCUT2D eigenvalue weighted by Gasteiger charge is 2.30. The highest BCUT2D eigenvalue weighted by Crippen LogP contribution is 2.39. The van der Waals surface area contributed by atoms with Crippen molar-refractivity contribution in [2.24, 2.45) is 4.99 Å². The number of nitrogens with zero attached hydrogens (tertiary/aromatic N) is 1. The predicted molar refractivity (Wildman–Crippen MR) is 107 cm³/mol. The minimum atomic E-state index is -0.464. The van der Waals surface area contributed by atoms with Crippen molar-refractivity contribution in [3.05, 3.63) is 113 Å². The second-order valence-electron chi connectivity index (χ2n) is 6.41. The Morgan fingerprint density at radius 2 is 1.32 bits per heavy atom. The van der Waals surface area contributed by atoms with Crippen molar-refractivity contribution in [3.8, 4) is 5.75 Å². The quantitative estimate of drug-likeness (QED) is 0.482. The summed E-state index contributed by atoms with van der Waals surface area (Å²) in [6, 6.07) is 26.8. The zero-order chi connectivity index (χ0) is 18.9. The van der Waals surface area contributed by atoms with Crippen molar-refractivity contribution in [2.45, 2.75) is 0 Å². The van der Waals surface area contributed by atoms with E-state index in [1.165, 1.54) is 0 Å². The molecule has 0 spiro atoms. The van der Waals surface area contributed by atoms with Crippen molar-refractivity contribution in [3.63, 3.8) is 0 Å². The van der Waals surface area contributed by atoms with Gasteiger partial charge in [0.1, 0.15) is 11.5 Å². The van der Waals surface area contributed by atoms with Gasteiger partial charge < -0.3 is 9.47 Å². The first-order valence-electron chi connectivity index (χ1n) is 8.94. The molecule has 2 aliphatic rings. The van der Waals surface area contributed by atoms with Gasteiger partial charge >= 0.3 is 5.97 Å². The van der Waals surface area contributed by atoms with E-state index in [4.69, 9.17) is 9.47 Å². The molecule has 0 aliphatic carbocycles. The number of rotatable bonds is 2. The van der Waals surface area contributed by atoms with E-state index in [9.17, 15) is 4.79 Å². The second-order valence-corrected chi connectivity index (χ2v) is 6.41. The molecule has 0 aromatic heterocycles. The van der Waals surface area contributed by atoms with Gasteiger partial charge in [-0.2, -0.15) is 0 Å². The van der Waals surface area contributed by atoms with E-state index in [1.54, 1.807) is 0 Å². The first kappa shape index (κ1) is 16.3. The minimum absolute atomic E-state index is 0.281. The normalized spacial score (nSPS) is 17.9. The average molecular weight is 365 g/mol. The molecule has 0 atom stereocenters. The van der Waals surface area contributed by atoms with Gasteiger partial charge in [-0.1, -0.05) is 66.7 Å². The van der Waals surface area contributed by atoms with E-state index in [2.05, 4.69) is 4.99 Å². The van der Waals surface area contributed by atoms with Crippen LogP contribution in [0.15, 0.2) is 102 Å². The van der Waals surface area contributed by atoms with Crippen LogP contribution < -0.4 is 4.74 Å². The van der Waals surface area contributed by atoms with E-state index in [-0.39, 0.29) is 5.70 Å². The summed E-state index contributed by atoms with van der Waals surface area (Å²) < 4.78 is 11.5. The first-order chi connectivity index (χ1) is 13.8. The van der Waals surface area contributed by atoms with Crippen LogP contribution in [-0.2, 0) is 9.53 Å². The minimum Gasteiger partial charge on any atom is -0.456 e. The number of aliphatic imine (C=N–C) groups is 1. The Kier molecular flexibility index (Phi) is 3.87. The van der Waals surface area contributed by atoms with Crippen LogP contribution in [0.4, 0.5) is 0 Å². The first-order valence-corrected chi connectivity index (χ1v) is 8.94. The third kappa shape index (κ3) is 2.81. The number of benzene rings is 3. The summed E-state index contributed by atoms with van der Waals surface area (Å²) in [7, 11) is 0. The molecule has 4 nitrogen and oxygen atoms in total. The molecule has 0 saturated heterocycles. The highest BCUT2D eigenvalue weighted by molar-refractivity contribution is 6.15. The Morgan fingerprint density at radius 3 is 2.07 bits per heavy atom. The van der Waals surface area contributed by atoms with E-state index >= 15 is 0 Å². The highest BCUT2D eigenvalue weighted by atomic mass is 16.6. The van der Waals surface area contributed by atoms with Crippen LogP contribution in [0.25, 0.3) is 11.3 Å². The molecule has 0 fully saturated rings. The maximum Gasteiger partial charge on any atom is 0.364 e. The maximum absolute atomic E-state index is 12.6. The van der Waals surface area contributed by atoms with Crippen molar-refractivity contribution in [2.75, 3.05) is 0 Å². The fourth-order valence-corrected chi connectivity index (χ4v) is 3.26. The molecule has 0 N–H and O–H groups in total. The fraction of sp³-hybridized carbons (Fsp3) is 0. The molecule has 3 aromatic carbocycles. The lowest BCUT2D eigenvalue weighted by molar-refractivity contribution is -0.129. The number of para-hydroxylation sites is 1. The molecule has 2 aliphatic heterocycles. The van der Waals surface area contributed by atoms with Crippen LogP contribution in [0, 0.1) is 0 Å². The zero-order valence-electron chi connectivity index (χ0n) is 14.8. The number of allylic oxidation sites excluding steroid dienone is 2. The monoisotopic (exact) mass is 365 g/mol. The summed E-state index contributed by atoms with van der Waals surface area (Å²) in [5.41, 5.74) is 3.47. The van der Waals surface area contributed by atoms with E-state index in [1.807, 2.05) is 91.0 Å². The summed E-state index contributed by atoms with van der Waals surface area (Å²) in [5, 5.41) is 0. The molecule has 3 aromatic rings. The molecule has 134 valence electrons. The Balaban J connectivity index is 1.69. The molecular formula is C24H15NO3. The van der Waals surface area contributed by atoms with Crippen molar-refractivity contribution in [1.82, 2.24) is 0 Å². The Hall–Kier alpha value is -3.92. The smallest absolute Gasteiger partial charge is 0.364 e. The van der Waals surface area contributed by atoms with Crippen LogP contribution in [-0.4, -0.2) is 11.9 Å². The van der Waals surface area contributed by atoms with Gasteiger partial charge in [0.2, 0.25) is 5.90 Å². The Morgan fingerprint density at radius 1 is 0.679 bits per heavy atom. The Bertz CT molecular complexity index is 1160. The Labute approximate surface area is 162 Å². The van der Waals surface area contributed by atoms with Gasteiger partial charge in [0.05, 0.1) is 0 Å². The van der Waals surface area contributed by atoms with E-state index in [0.717, 1.165) is 16.7 Å². The SMILES string of the molecule is O=C1OC(c2ccccc2)=N/C1=C1\C=C(c2ccccc2)Oc2ccccc21. The topological polar surface area (TPSA) is 47.9 Å². The van der Waals surface area contributed by atoms with E-state index in [0.29, 0.717) is 23.0 Å². The van der Waals surface area contributed by atoms with Gasteiger partial charge in [-0.05, 0) is 24.3 Å². The third-order valence-electron chi connectivity index (χ3n) is 4.60. The van der Waals surface area contributed by atoms with Gasteiger partial charge in [0.25, 0.3) is 0 Å². The molecule has 0 saturated carbocycles. The zero-order valence-corrected chi connectivity index (χ0v) is 14.8. The molecule has 2 heterocycles. The lowest BCUT2D eigenvalue weighted by Crippen LogP contribution is -2.08. The molecule has 0 amide bonds. The largest absolute Gasteiger partial charge is 0.456 e. The summed E-state index contributed by atoms with van der Waals surface area (Å²) >= 11 is 0. The number of hydrogen-bond donors (Lipinski definition) is 0. The summed E-state index contributed by atoms with van der Waals surface area (Å²) in [4.78, 5) is 17.2. The fourth-order valence-electron chi connectivity index (χ4n) is 3.26. The number of carbonyl (C=O) groups is 1. The molecule has 28 heavy (non-hydrogen) atoms. The van der Waals surface area contributed by atoms with Gasteiger partial charge in [-0.3, -0.25) is 0 Å². The summed E-state index contributed by atoms with van der Waals surface area (Å²) in [5.74, 6) is 1.20. The van der Waals surface area contributed by atoms with Crippen molar-refractivity contribution >= 4 is 23.2 Å². The van der Waals surface area contributed by atoms with Crippen molar-refractivity contribution < 1.29 is 14.3 Å². The van der Waals surface area contributed by atoms with Crippen molar-refractivity contribution in [1.29, 1.82) is 0 Å². The second kappa shape index (κ2) is 6.67. The van der Waals surface area contributed by atoms with Crippen LogP contribution in [0.2, 0.25) is 0 Å². The average Bonchev–Trinajstić information content (AvgIpc) is 3.15. The number of ether oxygens (including phenoxy) is 2. The summed E-state index contributed by atoms with van der Waals surface area (Å²) in [6.07, 6.45) is 1.85. The predicted octanol–water partition coefficient (Wildman–Crippen LogP) is 4.83. The third-order valence-corrected chi connectivity index (χ3v) is 4.60. The standard InChI is InChI=1S/C24H15NO3/c26-24-22(25-23(28-24)17-11-5-2-6-12-17)19-15-21(16-9-3-1-4-10-16)27-20-14-8-7-13-18(19)20/h1-15H/b22-19+. The molecular weight excluding hydrogens is 350 g/mol. The number of cyclic esters (lactones) is 1. The lowest BCUT2D eigenvalue weighted by atomic mass is 9.98. The number of carbonyl (C=O) groups excluding carboxylic acids is 1. The van der Waals surface area contributed by atoms with Crippen LogP contribution in [0.3, 0.4) is 0 Å². The number of esters is 1. The molecule has 0 bridgehead atoms.